The van der Waals surface area contributed by atoms with Gasteiger partial charge in [-0.15, -0.1) is 12.4 Å². The minimum absolute atomic E-state index is 0. The van der Waals surface area contributed by atoms with Crippen LogP contribution < -0.4 is 20.1 Å². The summed E-state index contributed by atoms with van der Waals surface area (Å²) in [5.41, 5.74) is 2.97. The fourth-order valence-electron chi connectivity index (χ4n) is 2.71. The van der Waals surface area contributed by atoms with Crippen LogP contribution in [-0.2, 0) is 17.7 Å². The Morgan fingerprint density at radius 2 is 2.12 bits per heavy atom. The van der Waals surface area contributed by atoms with Gasteiger partial charge in [0, 0.05) is 49.6 Å². The summed E-state index contributed by atoms with van der Waals surface area (Å²) in [5.74, 6) is 0.882. The average Bonchev–Trinajstić information content (AvgIpc) is 3.06. The zero-order valence-electron chi connectivity index (χ0n) is 14.8. The highest BCUT2D eigenvalue weighted by Crippen LogP contribution is 2.30. The van der Waals surface area contributed by atoms with Gasteiger partial charge in [-0.2, -0.15) is 5.10 Å². The van der Waals surface area contributed by atoms with Crippen LogP contribution in [0.1, 0.15) is 21.7 Å². The van der Waals surface area contributed by atoms with Crippen LogP contribution in [0.4, 0.5) is 5.69 Å². The number of nitrogens with zero attached hydrogens (tertiary/aromatic N) is 1. The molecule has 9 heteroatoms. The first kappa shape index (κ1) is 20.0. The lowest BCUT2D eigenvalue weighted by Gasteiger charge is -2.14. The molecule has 0 unspecified atom stereocenters. The maximum Gasteiger partial charge on any atom is 0.276 e. The van der Waals surface area contributed by atoms with E-state index in [1.165, 1.54) is 0 Å². The maximum absolute atomic E-state index is 12.6. The van der Waals surface area contributed by atoms with Crippen molar-refractivity contribution in [3.8, 4) is 11.5 Å². The van der Waals surface area contributed by atoms with Gasteiger partial charge in [0.15, 0.2) is 17.2 Å². The second-order valence-corrected chi connectivity index (χ2v) is 5.62. The molecule has 142 valence electrons. The summed E-state index contributed by atoms with van der Waals surface area (Å²) < 4.78 is 15.9. The topological polar surface area (TPSA) is 97.5 Å². The fourth-order valence-corrected chi connectivity index (χ4v) is 2.71. The van der Waals surface area contributed by atoms with Crippen LogP contribution in [0.2, 0.25) is 0 Å². The minimum Gasteiger partial charge on any atom is -0.493 e. The fraction of sp³-hybridized carbons (Fsp3) is 0.412. The van der Waals surface area contributed by atoms with Crippen molar-refractivity contribution < 1.29 is 19.0 Å². The summed E-state index contributed by atoms with van der Waals surface area (Å²) in [7, 11) is 3.18. The molecule has 3 rings (SSSR count). The number of methoxy groups -OCH3 is 2. The number of halogens is 1. The zero-order chi connectivity index (χ0) is 17.6. The van der Waals surface area contributed by atoms with E-state index in [1.807, 2.05) is 0 Å². The number of rotatable bonds is 7. The van der Waals surface area contributed by atoms with Crippen molar-refractivity contribution in [2.75, 3.05) is 39.3 Å². The summed E-state index contributed by atoms with van der Waals surface area (Å²) in [6, 6.07) is 5.24. The summed E-state index contributed by atoms with van der Waals surface area (Å²) in [5, 5.41) is 13.2. The number of aromatic nitrogens is 2. The lowest BCUT2D eigenvalue weighted by Crippen LogP contribution is -2.25. The lowest BCUT2D eigenvalue weighted by molar-refractivity contribution is 0.102. The Bertz CT molecular complexity index is 750. The standard InChI is InChI=1S/C17H22N4O4.ClH/c1-23-7-8-25-15-9-11(3-4-14(15)24-2)19-17(22)16-12-10-18-6-5-13(12)20-21-16;/h3-4,9,18H,5-8,10H2,1-2H3,(H,19,22)(H,20,21);1H. The molecule has 8 nitrogen and oxygen atoms in total. The normalized spacial score (nSPS) is 12.7. The van der Waals surface area contributed by atoms with Crippen molar-refractivity contribution in [3.63, 3.8) is 0 Å². The number of nitrogens with one attached hydrogen (secondary N) is 3. The molecule has 3 N–H and O–H groups in total. The highest BCUT2D eigenvalue weighted by molar-refractivity contribution is 6.04. The third-order valence-electron chi connectivity index (χ3n) is 3.99. The van der Waals surface area contributed by atoms with Crippen LogP contribution in [0.25, 0.3) is 0 Å². The summed E-state index contributed by atoms with van der Waals surface area (Å²) in [6.45, 7) is 2.38. The van der Waals surface area contributed by atoms with Gasteiger partial charge in [0.05, 0.1) is 13.7 Å². The van der Waals surface area contributed by atoms with Crippen LogP contribution in [0.5, 0.6) is 11.5 Å². The number of fused-ring (bicyclic) bond motifs is 1. The molecule has 1 aromatic heterocycles. The van der Waals surface area contributed by atoms with E-state index in [2.05, 4.69) is 20.8 Å². The Morgan fingerprint density at radius 1 is 1.27 bits per heavy atom. The Hall–Kier alpha value is -2.29. The van der Waals surface area contributed by atoms with Gasteiger partial charge in [0.25, 0.3) is 5.91 Å². The Labute approximate surface area is 158 Å². The average molecular weight is 383 g/mol. The molecule has 1 aliphatic rings. The Kier molecular flexibility index (Phi) is 7.26. The number of carbonyl (C=O) groups excluding carboxylic acids is 1. The molecule has 0 saturated carbocycles. The number of anilines is 1. The maximum atomic E-state index is 12.6. The van der Waals surface area contributed by atoms with Crippen LogP contribution in [0, 0.1) is 0 Å². The number of H-pyrrole nitrogens is 1. The van der Waals surface area contributed by atoms with Crippen LogP contribution in [-0.4, -0.2) is 50.1 Å². The Balaban J connectivity index is 0.00000243. The highest BCUT2D eigenvalue weighted by atomic mass is 35.5. The molecular formula is C17H23ClN4O4. The number of hydrogen-bond acceptors (Lipinski definition) is 6. The van der Waals surface area contributed by atoms with Gasteiger partial charge in [-0.3, -0.25) is 9.89 Å². The third-order valence-corrected chi connectivity index (χ3v) is 3.99. The van der Waals surface area contributed by atoms with E-state index in [9.17, 15) is 4.79 Å². The molecule has 0 aliphatic carbocycles. The van der Waals surface area contributed by atoms with E-state index in [4.69, 9.17) is 14.2 Å². The summed E-state index contributed by atoms with van der Waals surface area (Å²) >= 11 is 0. The predicted octanol–water partition coefficient (Wildman–Crippen LogP) is 1.76. The molecule has 2 aromatic rings. The van der Waals surface area contributed by atoms with E-state index in [0.717, 1.165) is 24.2 Å². The molecule has 2 heterocycles. The predicted molar refractivity (Wildman–Crippen MR) is 99.6 cm³/mol. The van der Waals surface area contributed by atoms with Gasteiger partial charge in [-0.1, -0.05) is 0 Å². The van der Waals surface area contributed by atoms with Gasteiger partial charge in [0.2, 0.25) is 0 Å². The second kappa shape index (κ2) is 9.42. The van der Waals surface area contributed by atoms with Gasteiger partial charge in [-0.05, 0) is 12.1 Å². The quantitative estimate of drug-likeness (QED) is 0.631. The second-order valence-electron chi connectivity index (χ2n) is 5.62. The van der Waals surface area contributed by atoms with Gasteiger partial charge in [-0.25, -0.2) is 0 Å². The molecule has 0 atom stereocenters. The first-order valence-corrected chi connectivity index (χ1v) is 8.11. The number of hydrogen-bond donors (Lipinski definition) is 3. The Morgan fingerprint density at radius 3 is 2.88 bits per heavy atom. The van der Waals surface area contributed by atoms with Crippen molar-refractivity contribution in [1.82, 2.24) is 15.5 Å². The molecule has 0 saturated heterocycles. The van der Waals surface area contributed by atoms with E-state index in [0.29, 0.717) is 42.6 Å². The lowest BCUT2D eigenvalue weighted by atomic mass is 10.1. The summed E-state index contributed by atoms with van der Waals surface area (Å²) in [4.78, 5) is 12.6. The van der Waals surface area contributed by atoms with E-state index in [1.54, 1.807) is 32.4 Å². The number of benzene rings is 1. The van der Waals surface area contributed by atoms with Crippen molar-refractivity contribution in [1.29, 1.82) is 0 Å². The molecule has 1 amide bonds. The van der Waals surface area contributed by atoms with E-state index >= 15 is 0 Å². The van der Waals surface area contributed by atoms with Crippen molar-refractivity contribution in [2.24, 2.45) is 0 Å². The summed E-state index contributed by atoms with van der Waals surface area (Å²) in [6.07, 6.45) is 0.843. The van der Waals surface area contributed by atoms with Crippen molar-refractivity contribution >= 4 is 24.0 Å². The van der Waals surface area contributed by atoms with E-state index < -0.39 is 0 Å². The van der Waals surface area contributed by atoms with Crippen LogP contribution >= 0.6 is 12.4 Å². The van der Waals surface area contributed by atoms with Crippen molar-refractivity contribution in [3.05, 3.63) is 35.2 Å². The number of aromatic amines is 1. The van der Waals surface area contributed by atoms with E-state index in [-0.39, 0.29) is 18.3 Å². The minimum atomic E-state index is -0.255. The molecule has 0 bridgehead atoms. The molecule has 1 aliphatic heterocycles. The molecule has 0 fully saturated rings. The molecule has 26 heavy (non-hydrogen) atoms. The number of ether oxygens (including phenoxy) is 3. The number of amides is 1. The SMILES string of the molecule is COCCOc1cc(NC(=O)c2n[nH]c3c2CNCC3)ccc1OC.Cl. The van der Waals surface area contributed by atoms with Crippen molar-refractivity contribution in [2.45, 2.75) is 13.0 Å². The molecule has 0 radical (unpaired) electrons. The molecule has 1 aromatic carbocycles. The number of carbonyl (C=O) groups is 1. The smallest absolute Gasteiger partial charge is 0.276 e. The highest BCUT2D eigenvalue weighted by Gasteiger charge is 2.21. The monoisotopic (exact) mass is 382 g/mol. The first-order chi connectivity index (χ1) is 12.2. The third kappa shape index (κ3) is 4.46. The van der Waals surface area contributed by atoms with Gasteiger partial charge >= 0.3 is 0 Å². The zero-order valence-corrected chi connectivity index (χ0v) is 15.6. The largest absolute Gasteiger partial charge is 0.493 e. The van der Waals surface area contributed by atoms with Gasteiger partial charge < -0.3 is 24.8 Å². The van der Waals surface area contributed by atoms with Crippen LogP contribution in [0.3, 0.4) is 0 Å². The first-order valence-electron chi connectivity index (χ1n) is 8.11. The van der Waals surface area contributed by atoms with Gasteiger partial charge in [0.1, 0.15) is 6.61 Å². The molecule has 0 spiro atoms. The van der Waals surface area contributed by atoms with Crippen LogP contribution in [0.15, 0.2) is 18.2 Å². The molecular weight excluding hydrogens is 360 g/mol.